The predicted octanol–water partition coefficient (Wildman–Crippen LogP) is 2.52. The third-order valence-electron chi connectivity index (χ3n) is 2.61. The molecule has 0 aliphatic carbocycles. The number of hydrogen-bond acceptors (Lipinski definition) is 2. The van der Waals surface area contributed by atoms with Crippen LogP contribution in [-0.2, 0) is 5.60 Å². The lowest BCUT2D eigenvalue weighted by atomic mass is 9.97. The number of benzene rings is 1. The zero-order valence-electron chi connectivity index (χ0n) is 10.2. The Kier molecular flexibility index (Phi) is 2.31. The molecule has 1 atom stereocenters. The lowest BCUT2D eigenvalue weighted by Gasteiger charge is -2.21. The zero-order valence-corrected chi connectivity index (χ0v) is 10.2. The van der Waals surface area contributed by atoms with Crippen LogP contribution < -0.4 is 5.32 Å². The van der Waals surface area contributed by atoms with Crippen molar-refractivity contribution in [3.8, 4) is 0 Å². The number of rotatable bonds is 0. The van der Waals surface area contributed by atoms with Gasteiger partial charge in [-0.2, -0.15) is 0 Å². The van der Waals surface area contributed by atoms with E-state index >= 15 is 0 Å². The van der Waals surface area contributed by atoms with Crippen molar-refractivity contribution in [2.45, 2.75) is 38.8 Å². The molecule has 0 saturated heterocycles. The Morgan fingerprint density at radius 3 is 2.44 bits per heavy atom. The summed E-state index contributed by atoms with van der Waals surface area (Å²) in [6.45, 7) is 7.82. The summed E-state index contributed by atoms with van der Waals surface area (Å²) in [7, 11) is 0. The van der Waals surface area contributed by atoms with Crippen molar-refractivity contribution in [3.05, 3.63) is 29.8 Å². The minimum Gasteiger partial charge on any atom is -0.377 e. The molecule has 1 aromatic carbocycles. The molecular formula is C13H18N2O. The number of hydrogen-bond donors (Lipinski definition) is 2. The second-order valence-electron chi connectivity index (χ2n) is 5.37. The first kappa shape index (κ1) is 11.1. The molecule has 2 rings (SSSR count). The molecule has 0 fully saturated rings. The summed E-state index contributed by atoms with van der Waals surface area (Å²) in [4.78, 5) is 4.53. The summed E-state index contributed by atoms with van der Waals surface area (Å²) in [5.74, 6) is 0.626. The van der Waals surface area contributed by atoms with Gasteiger partial charge in [-0.15, -0.1) is 0 Å². The van der Waals surface area contributed by atoms with Crippen LogP contribution in [0.4, 0.5) is 5.69 Å². The third kappa shape index (κ3) is 1.83. The van der Waals surface area contributed by atoms with Crippen LogP contribution in [0.5, 0.6) is 0 Å². The Balaban J connectivity index is 2.48. The Morgan fingerprint density at radius 2 is 1.88 bits per heavy atom. The highest BCUT2D eigenvalue weighted by molar-refractivity contribution is 6.08. The molecule has 0 radical (unpaired) electrons. The van der Waals surface area contributed by atoms with Crippen LogP contribution in [-0.4, -0.2) is 16.5 Å². The molecule has 1 unspecified atom stereocenters. The van der Waals surface area contributed by atoms with Crippen molar-refractivity contribution in [3.63, 3.8) is 0 Å². The summed E-state index contributed by atoms with van der Waals surface area (Å²) in [6.07, 6.45) is 0. The number of anilines is 1. The van der Waals surface area contributed by atoms with Gasteiger partial charge < -0.3 is 10.4 Å². The monoisotopic (exact) mass is 218 g/mol. The van der Waals surface area contributed by atoms with E-state index in [1.165, 1.54) is 0 Å². The number of aliphatic imine (C=N–C) groups is 1. The fraction of sp³-hybridized carbons (Fsp3) is 0.462. The summed E-state index contributed by atoms with van der Waals surface area (Å²) in [5.41, 5.74) is 0.617. The molecule has 1 aliphatic rings. The van der Waals surface area contributed by atoms with E-state index in [0.29, 0.717) is 5.84 Å². The first-order valence-corrected chi connectivity index (χ1v) is 5.50. The molecule has 16 heavy (non-hydrogen) atoms. The van der Waals surface area contributed by atoms with E-state index in [-0.39, 0.29) is 5.54 Å². The number of amidine groups is 1. The number of fused-ring (bicyclic) bond motifs is 1. The van der Waals surface area contributed by atoms with Gasteiger partial charge in [0.05, 0.1) is 5.54 Å². The lowest BCUT2D eigenvalue weighted by molar-refractivity contribution is 0.136. The average Bonchev–Trinajstić information content (AvgIpc) is 2.37. The van der Waals surface area contributed by atoms with Gasteiger partial charge in [0.15, 0.2) is 0 Å². The van der Waals surface area contributed by atoms with Crippen LogP contribution in [0.15, 0.2) is 29.3 Å². The third-order valence-corrected chi connectivity index (χ3v) is 2.61. The second-order valence-corrected chi connectivity index (χ2v) is 5.37. The van der Waals surface area contributed by atoms with Gasteiger partial charge in [0, 0.05) is 11.3 Å². The SMILES string of the molecule is CC(C)(C)N=C1Nc2ccccc2C1(C)O. The van der Waals surface area contributed by atoms with Crippen molar-refractivity contribution in [1.29, 1.82) is 0 Å². The molecule has 3 heteroatoms. The number of nitrogens with one attached hydrogen (secondary N) is 1. The van der Waals surface area contributed by atoms with Crippen LogP contribution >= 0.6 is 0 Å². The van der Waals surface area contributed by atoms with Crippen molar-refractivity contribution in [1.82, 2.24) is 0 Å². The van der Waals surface area contributed by atoms with Crippen LogP contribution in [0.2, 0.25) is 0 Å². The molecule has 0 bridgehead atoms. The van der Waals surface area contributed by atoms with Crippen molar-refractivity contribution in [2.24, 2.45) is 4.99 Å². The van der Waals surface area contributed by atoms with Gasteiger partial charge in [-0.25, -0.2) is 0 Å². The molecule has 86 valence electrons. The van der Waals surface area contributed by atoms with E-state index in [2.05, 4.69) is 10.3 Å². The van der Waals surface area contributed by atoms with E-state index in [0.717, 1.165) is 11.3 Å². The highest BCUT2D eigenvalue weighted by Crippen LogP contribution is 2.36. The molecule has 0 amide bonds. The van der Waals surface area contributed by atoms with Gasteiger partial charge in [-0.05, 0) is 33.8 Å². The summed E-state index contributed by atoms with van der Waals surface area (Å²) in [6, 6.07) is 7.75. The van der Waals surface area contributed by atoms with Gasteiger partial charge in [-0.1, -0.05) is 18.2 Å². The minimum atomic E-state index is -1.01. The molecule has 2 N–H and O–H groups in total. The van der Waals surface area contributed by atoms with Gasteiger partial charge in [0.25, 0.3) is 0 Å². The predicted molar refractivity (Wildman–Crippen MR) is 66.8 cm³/mol. The fourth-order valence-electron chi connectivity index (χ4n) is 1.87. The van der Waals surface area contributed by atoms with Crippen molar-refractivity contribution >= 4 is 11.5 Å². The Hall–Kier alpha value is -1.35. The smallest absolute Gasteiger partial charge is 0.146 e. The molecule has 0 spiro atoms. The maximum atomic E-state index is 10.5. The first-order chi connectivity index (χ1) is 7.31. The van der Waals surface area contributed by atoms with E-state index in [9.17, 15) is 5.11 Å². The molecule has 1 aromatic rings. The quantitative estimate of drug-likeness (QED) is 0.702. The number of para-hydroxylation sites is 1. The maximum absolute atomic E-state index is 10.5. The zero-order chi connectivity index (χ0) is 12.0. The largest absolute Gasteiger partial charge is 0.377 e. The molecule has 0 aromatic heterocycles. The van der Waals surface area contributed by atoms with Gasteiger partial charge in [0.2, 0.25) is 0 Å². The highest BCUT2D eigenvalue weighted by atomic mass is 16.3. The van der Waals surface area contributed by atoms with Crippen molar-refractivity contribution < 1.29 is 5.11 Å². The van der Waals surface area contributed by atoms with Crippen LogP contribution in [0.1, 0.15) is 33.3 Å². The number of aliphatic hydroxyl groups is 1. The normalized spacial score (nSPS) is 26.7. The van der Waals surface area contributed by atoms with Crippen molar-refractivity contribution in [2.75, 3.05) is 5.32 Å². The van der Waals surface area contributed by atoms with E-state index in [1.807, 2.05) is 45.0 Å². The minimum absolute atomic E-state index is 0.200. The second kappa shape index (κ2) is 3.32. The Labute approximate surface area is 96.2 Å². The summed E-state index contributed by atoms with van der Waals surface area (Å²) >= 11 is 0. The van der Waals surface area contributed by atoms with Crippen LogP contribution in [0.25, 0.3) is 0 Å². The lowest BCUT2D eigenvalue weighted by Crippen LogP contribution is -2.33. The standard InChI is InChI=1S/C13H18N2O/c1-12(2,3)15-11-13(4,16)9-7-5-6-8-10(9)14-11/h5-8,16H,1-4H3,(H,14,15). The average molecular weight is 218 g/mol. The Bertz CT molecular complexity index is 441. The first-order valence-electron chi connectivity index (χ1n) is 5.50. The molecule has 3 nitrogen and oxygen atoms in total. The fourth-order valence-corrected chi connectivity index (χ4v) is 1.87. The highest BCUT2D eigenvalue weighted by Gasteiger charge is 2.39. The van der Waals surface area contributed by atoms with Crippen LogP contribution in [0, 0.1) is 0 Å². The van der Waals surface area contributed by atoms with Gasteiger partial charge >= 0.3 is 0 Å². The molecular weight excluding hydrogens is 200 g/mol. The maximum Gasteiger partial charge on any atom is 0.146 e. The van der Waals surface area contributed by atoms with Gasteiger partial charge in [-0.3, -0.25) is 4.99 Å². The summed E-state index contributed by atoms with van der Waals surface area (Å²) in [5, 5.41) is 13.7. The van der Waals surface area contributed by atoms with E-state index in [4.69, 9.17) is 0 Å². The van der Waals surface area contributed by atoms with E-state index < -0.39 is 5.60 Å². The Morgan fingerprint density at radius 1 is 1.25 bits per heavy atom. The summed E-state index contributed by atoms with van der Waals surface area (Å²) < 4.78 is 0. The number of nitrogens with zero attached hydrogens (tertiary/aromatic N) is 1. The van der Waals surface area contributed by atoms with E-state index in [1.54, 1.807) is 6.92 Å². The molecule has 1 heterocycles. The van der Waals surface area contributed by atoms with Gasteiger partial charge in [0.1, 0.15) is 11.4 Å². The molecule has 0 saturated carbocycles. The molecule has 1 aliphatic heterocycles. The topological polar surface area (TPSA) is 44.6 Å². The van der Waals surface area contributed by atoms with Crippen LogP contribution in [0.3, 0.4) is 0 Å².